The number of hydrogen-bond donors (Lipinski definition) is 1. The van der Waals surface area contributed by atoms with Crippen molar-refractivity contribution in [1.29, 1.82) is 0 Å². The van der Waals surface area contributed by atoms with Gasteiger partial charge in [0.2, 0.25) is 0 Å². The summed E-state index contributed by atoms with van der Waals surface area (Å²) in [7, 11) is 0. The number of carboxylic acid groups (broad SMARTS) is 1. The molecule has 19 heavy (non-hydrogen) atoms. The summed E-state index contributed by atoms with van der Waals surface area (Å²) in [5.41, 5.74) is 0.0390. The Morgan fingerprint density at radius 2 is 2.21 bits per heavy atom. The monoisotopic (exact) mass is 263 g/mol. The van der Waals surface area contributed by atoms with Crippen molar-refractivity contribution in [1.82, 2.24) is 0 Å². The molecule has 1 aliphatic heterocycles. The first kappa shape index (κ1) is 13.0. The molecule has 5 nitrogen and oxygen atoms in total. The lowest BCUT2D eigenvalue weighted by Gasteiger charge is -2.33. The number of anilines is 1. The summed E-state index contributed by atoms with van der Waals surface area (Å²) in [4.78, 5) is 35.6. The molecule has 0 amide bonds. The molecule has 0 fully saturated rings. The van der Waals surface area contributed by atoms with Crippen LogP contribution in [0.25, 0.3) is 0 Å². The maximum Gasteiger partial charge on any atom is 0.321 e. The standard InChI is InChI=1S/C13H10FNO4/c1-2-15-9-4-3-7(14)5-8(9)12(17)11(13(18)19)10(15)6-16/h3-5,11H,2H2,1H3,(H,18,19). The van der Waals surface area contributed by atoms with Gasteiger partial charge in [0.25, 0.3) is 0 Å². The maximum atomic E-state index is 13.2. The van der Waals surface area contributed by atoms with Crippen LogP contribution in [0.3, 0.4) is 0 Å². The van der Waals surface area contributed by atoms with E-state index < -0.39 is 23.5 Å². The molecule has 0 radical (unpaired) electrons. The van der Waals surface area contributed by atoms with Crippen molar-refractivity contribution in [3.05, 3.63) is 35.3 Å². The molecule has 0 aromatic heterocycles. The molecule has 1 heterocycles. The fourth-order valence-corrected chi connectivity index (χ4v) is 2.19. The van der Waals surface area contributed by atoms with Gasteiger partial charge in [-0.15, -0.1) is 0 Å². The number of aliphatic carboxylic acids is 1. The van der Waals surface area contributed by atoms with Crippen molar-refractivity contribution in [3.8, 4) is 0 Å². The zero-order chi connectivity index (χ0) is 14.2. The van der Waals surface area contributed by atoms with Gasteiger partial charge >= 0.3 is 5.97 Å². The smallest absolute Gasteiger partial charge is 0.321 e. The van der Waals surface area contributed by atoms with Gasteiger partial charge in [-0.3, -0.25) is 9.59 Å². The van der Waals surface area contributed by atoms with Crippen LogP contribution in [0.4, 0.5) is 10.1 Å². The van der Waals surface area contributed by atoms with Crippen LogP contribution in [0.2, 0.25) is 0 Å². The van der Waals surface area contributed by atoms with E-state index in [4.69, 9.17) is 5.11 Å². The fraction of sp³-hybridized carbons (Fsp3) is 0.231. The first-order valence-corrected chi connectivity index (χ1v) is 5.60. The summed E-state index contributed by atoms with van der Waals surface area (Å²) in [6.45, 7) is 1.97. The number of hydrogen-bond acceptors (Lipinski definition) is 4. The van der Waals surface area contributed by atoms with E-state index in [0.717, 1.165) is 12.1 Å². The van der Waals surface area contributed by atoms with E-state index >= 15 is 0 Å². The molecular weight excluding hydrogens is 253 g/mol. The third-order valence-electron chi connectivity index (χ3n) is 3.01. The summed E-state index contributed by atoms with van der Waals surface area (Å²) in [6, 6.07) is 3.48. The van der Waals surface area contributed by atoms with E-state index in [-0.39, 0.29) is 17.8 Å². The summed E-state index contributed by atoms with van der Waals surface area (Å²) in [6.07, 6.45) is 0. The summed E-state index contributed by atoms with van der Waals surface area (Å²) >= 11 is 0. The van der Waals surface area contributed by atoms with Crippen LogP contribution in [0.15, 0.2) is 23.9 Å². The molecule has 0 spiro atoms. The fourth-order valence-electron chi connectivity index (χ4n) is 2.19. The van der Waals surface area contributed by atoms with Gasteiger partial charge < -0.3 is 10.0 Å². The average Bonchev–Trinajstić information content (AvgIpc) is 2.38. The van der Waals surface area contributed by atoms with Crippen molar-refractivity contribution in [2.75, 3.05) is 11.4 Å². The topological polar surface area (TPSA) is 74.7 Å². The molecule has 98 valence electrons. The van der Waals surface area contributed by atoms with Crippen LogP contribution in [0.1, 0.15) is 17.3 Å². The van der Waals surface area contributed by atoms with Gasteiger partial charge in [-0.1, -0.05) is 0 Å². The number of halogens is 1. The predicted octanol–water partition coefficient (Wildman–Crippen LogP) is 1.26. The van der Waals surface area contributed by atoms with Gasteiger partial charge in [-0.05, 0) is 25.1 Å². The van der Waals surface area contributed by atoms with E-state index in [1.165, 1.54) is 16.9 Å². The second kappa shape index (κ2) is 4.66. The highest BCUT2D eigenvalue weighted by Gasteiger charge is 2.41. The van der Waals surface area contributed by atoms with Crippen LogP contribution in [-0.2, 0) is 9.59 Å². The molecular formula is C13H10FNO4. The van der Waals surface area contributed by atoms with E-state index in [1.54, 1.807) is 6.92 Å². The first-order chi connectivity index (χ1) is 9.01. The number of fused-ring (bicyclic) bond motifs is 1. The number of nitrogens with zero attached hydrogens (tertiary/aromatic N) is 1. The van der Waals surface area contributed by atoms with E-state index in [0.29, 0.717) is 5.69 Å². The number of rotatable bonds is 2. The van der Waals surface area contributed by atoms with Gasteiger partial charge in [-0.25, -0.2) is 9.18 Å². The van der Waals surface area contributed by atoms with Gasteiger partial charge in [0.1, 0.15) is 17.5 Å². The van der Waals surface area contributed by atoms with Crippen molar-refractivity contribution >= 4 is 23.4 Å². The number of carboxylic acids is 1. The molecule has 1 aromatic rings. The Bertz CT molecular complexity index is 619. The number of carbonyl (C=O) groups excluding carboxylic acids is 2. The molecule has 0 saturated heterocycles. The third-order valence-corrected chi connectivity index (χ3v) is 3.01. The number of benzene rings is 1. The normalized spacial score (nSPS) is 18.0. The zero-order valence-electron chi connectivity index (χ0n) is 10.0. The Morgan fingerprint density at radius 1 is 1.53 bits per heavy atom. The third kappa shape index (κ3) is 1.92. The number of carbonyl (C=O) groups is 2. The molecule has 1 atom stereocenters. The summed E-state index contributed by atoms with van der Waals surface area (Å²) in [5, 5.41) is 9.08. The maximum absolute atomic E-state index is 13.2. The SMILES string of the molecule is CCN1C(=C=O)C(C(=O)O)C(=O)c2cc(F)ccc21. The van der Waals surface area contributed by atoms with Gasteiger partial charge in [0.05, 0.1) is 5.69 Å². The minimum absolute atomic E-state index is 0.0340. The van der Waals surface area contributed by atoms with Crippen LogP contribution >= 0.6 is 0 Å². The zero-order valence-corrected chi connectivity index (χ0v) is 10.0. The van der Waals surface area contributed by atoms with Crippen LogP contribution < -0.4 is 4.90 Å². The summed E-state index contributed by atoms with van der Waals surface area (Å²) < 4.78 is 13.2. The second-order valence-corrected chi connectivity index (χ2v) is 4.03. The quantitative estimate of drug-likeness (QED) is 0.642. The average molecular weight is 263 g/mol. The number of ketones is 1. The Hall–Kier alpha value is -2.46. The molecule has 1 N–H and O–H groups in total. The Kier molecular flexibility index (Phi) is 3.19. The van der Waals surface area contributed by atoms with E-state index in [2.05, 4.69) is 0 Å². The highest BCUT2D eigenvalue weighted by molar-refractivity contribution is 6.17. The summed E-state index contributed by atoms with van der Waals surface area (Å²) in [5.74, 6) is -3.00. The Labute approximate surface area is 107 Å². The lowest BCUT2D eigenvalue weighted by Crippen LogP contribution is -2.41. The highest BCUT2D eigenvalue weighted by atomic mass is 19.1. The van der Waals surface area contributed by atoms with Crippen molar-refractivity contribution in [2.45, 2.75) is 6.92 Å². The van der Waals surface area contributed by atoms with Gasteiger partial charge in [-0.2, -0.15) is 0 Å². The van der Waals surface area contributed by atoms with Gasteiger partial charge in [0.15, 0.2) is 11.7 Å². The Balaban J connectivity index is 2.72. The molecule has 1 aliphatic rings. The van der Waals surface area contributed by atoms with Gasteiger partial charge in [0, 0.05) is 12.1 Å². The number of Topliss-reactive ketones (excluding diaryl/α,β-unsaturated/α-hetero) is 1. The molecule has 0 bridgehead atoms. The molecule has 0 aliphatic carbocycles. The minimum atomic E-state index is -1.63. The molecule has 6 heteroatoms. The minimum Gasteiger partial charge on any atom is -0.480 e. The van der Waals surface area contributed by atoms with Crippen LogP contribution in [0.5, 0.6) is 0 Å². The first-order valence-electron chi connectivity index (χ1n) is 5.60. The predicted molar refractivity (Wildman–Crippen MR) is 64.1 cm³/mol. The highest BCUT2D eigenvalue weighted by Crippen LogP contribution is 2.35. The van der Waals surface area contributed by atoms with Crippen LogP contribution in [-0.4, -0.2) is 29.3 Å². The Morgan fingerprint density at radius 3 is 2.74 bits per heavy atom. The van der Waals surface area contributed by atoms with Crippen LogP contribution in [0, 0.1) is 11.7 Å². The lowest BCUT2D eigenvalue weighted by atomic mass is 9.88. The molecule has 1 aromatic carbocycles. The largest absolute Gasteiger partial charge is 0.480 e. The molecule has 2 rings (SSSR count). The van der Waals surface area contributed by atoms with E-state index in [1.807, 2.05) is 0 Å². The lowest BCUT2D eigenvalue weighted by molar-refractivity contribution is -0.138. The molecule has 0 saturated carbocycles. The van der Waals surface area contributed by atoms with Crippen molar-refractivity contribution in [3.63, 3.8) is 0 Å². The molecule has 1 unspecified atom stereocenters. The van der Waals surface area contributed by atoms with Crippen molar-refractivity contribution < 1.29 is 23.9 Å². The van der Waals surface area contributed by atoms with E-state index in [9.17, 15) is 18.8 Å². The second-order valence-electron chi connectivity index (χ2n) is 4.03. The van der Waals surface area contributed by atoms with Crippen molar-refractivity contribution in [2.24, 2.45) is 5.92 Å².